The summed E-state index contributed by atoms with van der Waals surface area (Å²) in [5.41, 5.74) is 6.02. The topological polar surface area (TPSA) is 142 Å². The minimum atomic E-state index is -1.33. The van der Waals surface area contributed by atoms with Crippen molar-refractivity contribution >= 4 is 22.7 Å². The van der Waals surface area contributed by atoms with E-state index in [9.17, 15) is 15.3 Å². The van der Waals surface area contributed by atoms with Gasteiger partial charge in [-0.1, -0.05) is 13.3 Å². The zero-order valence-corrected chi connectivity index (χ0v) is 15.3. The lowest BCUT2D eigenvalue weighted by Crippen LogP contribution is -2.43. The van der Waals surface area contributed by atoms with Crippen LogP contribution in [0.2, 0.25) is 0 Å². The van der Waals surface area contributed by atoms with Crippen LogP contribution in [0.4, 0.5) is 5.82 Å². The number of amidine groups is 1. The van der Waals surface area contributed by atoms with Gasteiger partial charge in [-0.25, -0.2) is 15.0 Å². The molecule has 0 bridgehead atoms. The highest BCUT2D eigenvalue weighted by atomic mass is 16.6. The van der Waals surface area contributed by atoms with Crippen molar-refractivity contribution in [1.82, 2.24) is 14.5 Å². The Hall–Kier alpha value is -2.27. The maximum Gasteiger partial charge on any atom is 0.172 e. The van der Waals surface area contributed by atoms with Crippen LogP contribution in [0.15, 0.2) is 17.6 Å². The van der Waals surface area contributed by atoms with Gasteiger partial charge < -0.3 is 30.4 Å². The van der Waals surface area contributed by atoms with Crippen molar-refractivity contribution in [3.05, 3.63) is 18.1 Å². The van der Waals surface area contributed by atoms with E-state index in [2.05, 4.69) is 22.0 Å². The number of rotatable bonds is 5. The molecule has 4 atom stereocenters. The van der Waals surface area contributed by atoms with E-state index >= 15 is 0 Å². The summed E-state index contributed by atoms with van der Waals surface area (Å²) in [5.74, 6) is 0.972. The molecule has 146 valence electrons. The fourth-order valence-corrected chi connectivity index (χ4v) is 3.78. The van der Waals surface area contributed by atoms with E-state index in [4.69, 9.17) is 10.5 Å². The molecule has 1 unspecified atom stereocenters. The Labute approximate surface area is 155 Å². The van der Waals surface area contributed by atoms with Gasteiger partial charge >= 0.3 is 0 Å². The molecule has 0 amide bonds. The van der Waals surface area contributed by atoms with Crippen LogP contribution in [0, 0.1) is 0 Å². The average molecular weight is 376 g/mol. The first-order valence-electron chi connectivity index (χ1n) is 9.05. The summed E-state index contributed by atoms with van der Waals surface area (Å²) in [7, 11) is 0. The smallest absolute Gasteiger partial charge is 0.172 e. The summed E-state index contributed by atoms with van der Waals surface area (Å²) < 4.78 is 7.46. The highest BCUT2D eigenvalue weighted by molar-refractivity contribution is 6.14. The molecule has 0 aromatic carbocycles. The van der Waals surface area contributed by atoms with Crippen LogP contribution < -0.4 is 10.7 Å². The molecule has 4 rings (SSSR count). The van der Waals surface area contributed by atoms with Gasteiger partial charge in [0, 0.05) is 18.3 Å². The number of ether oxygens (including phenoxy) is 1. The first-order chi connectivity index (χ1) is 12.9. The van der Waals surface area contributed by atoms with Crippen molar-refractivity contribution in [2.24, 2.45) is 10.8 Å². The fraction of sp³-hybridized carbons (Fsp3) is 0.588. The van der Waals surface area contributed by atoms with E-state index in [-0.39, 0.29) is 0 Å². The second-order valence-electron chi connectivity index (χ2n) is 7.10. The van der Waals surface area contributed by atoms with Gasteiger partial charge in [0.05, 0.1) is 12.0 Å². The Morgan fingerprint density at radius 1 is 1.33 bits per heavy atom. The van der Waals surface area contributed by atoms with Crippen LogP contribution in [0.25, 0.3) is 11.0 Å². The molecule has 1 saturated heterocycles. The summed E-state index contributed by atoms with van der Waals surface area (Å²) in [6.45, 7) is 4.00. The third kappa shape index (κ3) is 2.52. The van der Waals surface area contributed by atoms with Gasteiger partial charge in [-0.05, 0) is 13.3 Å². The van der Waals surface area contributed by atoms with E-state index in [0.717, 1.165) is 18.2 Å². The molecule has 4 heterocycles. The number of hydrogen-bond donors (Lipinski definition) is 4. The van der Waals surface area contributed by atoms with Crippen LogP contribution in [0.5, 0.6) is 0 Å². The number of nitrogens with two attached hydrogens (primary N) is 1. The van der Waals surface area contributed by atoms with E-state index in [1.165, 1.54) is 6.33 Å². The Morgan fingerprint density at radius 3 is 2.78 bits per heavy atom. The molecule has 2 aliphatic rings. The molecule has 10 heteroatoms. The number of aromatic nitrogens is 3. The molecule has 1 fully saturated rings. The van der Waals surface area contributed by atoms with Gasteiger partial charge in [0.1, 0.15) is 30.3 Å². The van der Waals surface area contributed by atoms with E-state index < -0.39 is 30.6 Å². The Balaban J connectivity index is 1.87. The number of hydrogen-bond acceptors (Lipinski definition) is 9. The van der Waals surface area contributed by atoms with Gasteiger partial charge in [-0.3, -0.25) is 0 Å². The Bertz CT molecular complexity index is 899. The number of anilines is 1. The van der Waals surface area contributed by atoms with Crippen molar-refractivity contribution in [2.45, 2.75) is 50.7 Å². The van der Waals surface area contributed by atoms with Gasteiger partial charge in [0.25, 0.3) is 0 Å². The molecule has 27 heavy (non-hydrogen) atoms. The lowest BCUT2D eigenvalue weighted by molar-refractivity contribution is -0.132. The quantitative estimate of drug-likeness (QED) is 0.545. The molecule has 5 N–H and O–H groups in total. The highest BCUT2D eigenvalue weighted by Crippen LogP contribution is 2.40. The van der Waals surface area contributed by atoms with Crippen molar-refractivity contribution in [3.63, 3.8) is 0 Å². The molecule has 0 radical (unpaired) electrons. The van der Waals surface area contributed by atoms with Crippen LogP contribution in [-0.4, -0.2) is 67.2 Å². The van der Waals surface area contributed by atoms with Gasteiger partial charge in [0.2, 0.25) is 0 Å². The van der Waals surface area contributed by atoms with Crippen LogP contribution in [-0.2, 0) is 10.5 Å². The summed E-state index contributed by atoms with van der Waals surface area (Å²) >= 11 is 0. The summed E-state index contributed by atoms with van der Waals surface area (Å²) in [4.78, 5) is 8.75. The van der Waals surface area contributed by atoms with Crippen molar-refractivity contribution in [1.29, 1.82) is 0 Å². The number of aliphatic hydroxyl groups excluding tert-OH is 3. The van der Waals surface area contributed by atoms with Crippen LogP contribution >= 0.6 is 0 Å². The third-order valence-electron chi connectivity index (χ3n) is 5.34. The minimum absolute atomic E-state index is 0.326. The zero-order valence-electron chi connectivity index (χ0n) is 15.3. The van der Waals surface area contributed by atoms with E-state index in [1.54, 1.807) is 22.7 Å². The molecule has 2 aromatic heterocycles. The molecule has 2 aliphatic heterocycles. The highest BCUT2D eigenvalue weighted by Gasteiger charge is 2.53. The van der Waals surface area contributed by atoms with Gasteiger partial charge in [-0.15, -0.1) is 0 Å². The second kappa shape index (κ2) is 6.41. The molecule has 0 aliphatic carbocycles. The van der Waals surface area contributed by atoms with Gasteiger partial charge in [-0.2, -0.15) is 5.10 Å². The first-order valence-corrected chi connectivity index (χ1v) is 9.05. The predicted molar refractivity (Wildman–Crippen MR) is 98.1 cm³/mol. The SMILES string of the molecule is CCCCN1N=C(N)c2cn(C3(C)O[C@H](CO)[C@@H](O)[C@H]3O)c3ncnc1c23. The number of nitrogens with zero attached hydrogens (tertiary/aromatic N) is 5. The maximum absolute atomic E-state index is 10.6. The summed E-state index contributed by atoms with van der Waals surface area (Å²) in [5, 5.41) is 37.2. The summed E-state index contributed by atoms with van der Waals surface area (Å²) in [6, 6.07) is 0. The standard InChI is InChI=1S/C17H24N6O4/c1-3-4-5-23-16-11-9(14(18)21-23)6-22(15(11)19-8-20-16)17(2)13(26)12(25)10(7-24)27-17/h6,8,10,12-13,24-26H,3-5,7H2,1-2H3,(H2,18,21)/t10-,12-,13-,17?/m1/s1. The number of unbranched alkanes of at least 4 members (excludes halogenated alkanes) is 1. The van der Waals surface area contributed by atoms with Gasteiger partial charge in [0.15, 0.2) is 17.4 Å². The molecule has 10 nitrogen and oxygen atoms in total. The first kappa shape index (κ1) is 18.1. The Morgan fingerprint density at radius 2 is 2.11 bits per heavy atom. The fourth-order valence-electron chi connectivity index (χ4n) is 3.78. The minimum Gasteiger partial charge on any atom is -0.394 e. The summed E-state index contributed by atoms with van der Waals surface area (Å²) in [6.07, 6.45) is 1.69. The molecule has 2 aromatic rings. The normalized spacial score (nSPS) is 30.2. The monoisotopic (exact) mass is 376 g/mol. The third-order valence-corrected chi connectivity index (χ3v) is 5.34. The average Bonchev–Trinajstić information content (AvgIpc) is 3.17. The lowest BCUT2D eigenvalue weighted by Gasteiger charge is -2.30. The predicted octanol–water partition coefficient (Wildman–Crippen LogP) is -0.543. The second-order valence-corrected chi connectivity index (χ2v) is 7.10. The maximum atomic E-state index is 10.6. The van der Waals surface area contributed by atoms with E-state index in [1.807, 2.05) is 0 Å². The van der Waals surface area contributed by atoms with E-state index in [0.29, 0.717) is 29.4 Å². The number of hydrazone groups is 1. The largest absolute Gasteiger partial charge is 0.394 e. The molecular formula is C17H24N6O4. The van der Waals surface area contributed by atoms with Crippen LogP contribution in [0.3, 0.4) is 0 Å². The molecule has 0 saturated carbocycles. The molecule has 0 spiro atoms. The van der Waals surface area contributed by atoms with Crippen molar-refractivity contribution < 1.29 is 20.1 Å². The van der Waals surface area contributed by atoms with Crippen LogP contribution in [0.1, 0.15) is 32.3 Å². The van der Waals surface area contributed by atoms with Crippen molar-refractivity contribution in [2.75, 3.05) is 18.2 Å². The lowest BCUT2D eigenvalue weighted by atomic mass is 10.0. The number of aliphatic hydroxyl groups is 3. The zero-order chi connectivity index (χ0) is 19.3. The molecular weight excluding hydrogens is 352 g/mol. The van der Waals surface area contributed by atoms with Crippen molar-refractivity contribution in [3.8, 4) is 0 Å². The Kier molecular flexibility index (Phi) is 4.30.